The van der Waals surface area contributed by atoms with Crippen molar-refractivity contribution in [1.29, 1.82) is 0 Å². The molecule has 0 atom stereocenters. The molecule has 0 aliphatic heterocycles. The Kier molecular flexibility index (Phi) is 4.40. The monoisotopic (exact) mass is 378 g/mol. The predicted molar refractivity (Wildman–Crippen MR) is 76.9 cm³/mol. The van der Waals surface area contributed by atoms with Crippen molar-refractivity contribution in [1.82, 2.24) is 4.98 Å². The largest absolute Gasteiger partial charge is 0.323 e. The Morgan fingerprint density at radius 2 is 2.00 bits per heavy atom. The van der Waals surface area contributed by atoms with Crippen LogP contribution in [0.15, 0.2) is 40.0 Å². The highest BCUT2D eigenvalue weighted by atomic mass is 79.9. The third kappa shape index (κ3) is 3.28. The maximum Gasteiger partial charge on any atom is 0.265 e. The topological polar surface area (TPSA) is 97.1 Å². The first kappa shape index (κ1) is 15.6. The lowest BCUT2D eigenvalue weighted by molar-refractivity contribution is 0.581. The average molecular weight is 379 g/mol. The van der Waals surface area contributed by atoms with Gasteiger partial charge in [-0.1, -0.05) is 0 Å². The molecule has 1 aromatic carbocycles. The second-order valence-corrected chi connectivity index (χ2v) is 6.37. The third-order valence-electron chi connectivity index (χ3n) is 2.47. The van der Waals surface area contributed by atoms with Gasteiger partial charge in [-0.25, -0.2) is 17.2 Å². The fourth-order valence-corrected chi connectivity index (χ4v) is 3.38. The van der Waals surface area contributed by atoms with Crippen molar-refractivity contribution < 1.29 is 17.2 Å². The van der Waals surface area contributed by atoms with Gasteiger partial charge >= 0.3 is 0 Å². The molecular weight excluding hydrogens is 370 g/mol. The number of nitrogen functional groups attached to an aromatic ring is 1. The highest BCUT2D eigenvalue weighted by molar-refractivity contribution is 9.10. The minimum absolute atomic E-state index is 0.0743. The van der Waals surface area contributed by atoms with E-state index in [0.29, 0.717) is 6.07 Å². The Morgan fingerprint density at radius 3 is 2.62 bits per heavy atom. The standard InChI is InChI=1S/C11H9BrF2N4O2S/c12-7-3-6(13)4-8(14)11(7)18-21(19,20)10-5-16-2-1-9(10)17-15/h1-5,18H,15H2,(H,16,17). The second-order valence-electron chi connectivity index (χ2n) is 3.87. The van der Waals surface area contributed by atoms with Crippen LogP contribution in [-0.2, 0) is 10.0 Å². The first-order valence-electron chi connectivity index (χ1n) is 5.43. The van der Waals surface area contributed by atoms with E-state index in [-0.39, 0.29) is 15.1 Å². The van der Waals surface area contributed by atoms with Gasteiger partial charge in [0.2, 0.25) is 0 Å². The molecule has 10 heteroatoms. The number of pyridine rings is 1. The summed E-state index contributed by atoms with van der Waals surface area (Å²) in [7, 11) is -4.16. The summed E-state index contributed by atoms with van der Waals surface area (Å²) >= 11 is 2.90. The summed E-state index contributed by atoms with van der Waals surface area (Å²) in [6.45, 7) is 0. The molecule has 0 bridgehead atoms. The highest BCUT2D eigenvalue weighted by Crippen LogP contribution is 2.30. The van der Waals surface area contributed by atoms with Crippen LogP contribution in [0.25, 0.3) is 0 Å². The molecule has 0 saturated carbocycles. The van der Waals surface area contributed by atoms with Gasteiger partial charge in [0.15, 0.2) is 5.82 Å². The Bertz CT molecular complexity index is 763. The molecule has 0 aliphatic rings. The fraction of sp³-hybridized carbons (Fsp3) is 0. The molecule has 0 unspecified atom stereocenters. The number of sulfonamides is 1. The van der Waals surface area contributed by atoms with Gasteiger partial charge in [0.05, 0.1) is 11.4 Å². The first-order valence-corrected chi connectivity index (χ1v) is 7.71. The van der Waals surface area contributed by atoms with E-state index in [0.717, 1.165) is 12.3 Å². The van der Waals surface area contributed by atoms with Gasteiger partial charge < -0.3 is 5.43 Å². The van der Waals surface area contributed by atoms with E-state index in [1.54, 1.807) is 0 Å². The summed E-state index contributed by atoms with van der Waals surface area (Å²) in [5, 5.41) is 0. The van der Waals surface area contributed by atoms with Gasteiger partial charge in [-0.15, -0.1) is 0 Å². The average Bonchev–Trinajstić information content (AvgIpc) is 2.43. The summed E-state index contributed by atoms with van der Waals surface area (Å²) in [5.74, 6) is 3.32. The Morgan fingerprint density at radius 1 is 1.29 bits per heavy atom. The van der Waals surface area contributed by atoms with Crippen LogP contribution in [0.5, 0.6) is 0 Å². The number of nitrogens with two attached hydrogens (primary N) is 1. The smallest absolute Gasteiger partial charge is 0.265 e. The van der Waals surface area contributed by atoms with E-state index in [1.807, 2.05) is 4.72 Å². The number of rotatable bonds is 4. The molecule has 1 aromatic heterocycles. The summed E-state index contributed by atoms with van der Waals surface area (Å²) in [5.41, 5.74) is 1.87. The van der Waals surface area contributed by atoms with E-state index in [2.05, 4.69) is 26.3 Å². The van der Waals surface area contributed by atoms with Crippen LogP contribution in [-0.4, -0.2) is 13.4 Å². The van der Waals surface area contributed by atoms with Crippen molar-refractivity contribution in [2.24, 2.45) is 5.84 Å². The minimum Gasteiger partial charge on any atom is -0.323 e. The van der Waals surface area contributed by atoms with Crippen molar-refractivity contribution in [2.75, 3.05) is 10.1 Å². The molecule has 0 radical (unpaired) electrons. The zero-order valence-electron chi connectivity index (χ0n) is 10.3. The number of nitrogens with zero attached hydrogens (tertiary/aromatic N) is 1. The van der Waals surface area contributed by atoms with Gasteiger partial charge in [0, 0.05) is 22.9 Å². The number of benzene rings is 1. The zero-order chi connectivity index (χ0) is 15.6. The van der Waals surface area contributed by atoms with Crippen LogP contribution in [0.4, 0.5) is 20.2 Å². The molecule has 1 heterocycles. The van der Waals surface area contributed by atoms with Crippen LogP contribution >= 0.6 is 15.9 Å². The molecule has 0 fully saturated rings. The van der Waals surface area contributed by atoms with E-state index < -0.39 is 27.3 Å². The van der Waals surface area contributed by atoms with Crippen LogP contribution < -0.4 is 16.0 Å². The van der Waals surface area contributed by atoms with E-state index in [1.165, 1.54) is 12.3 Å². The third-order valence-corrected chi connectivity index (χ3v) is 4.48. The molecule has 2 rings (SSSR count). The van der Waals surface area contributed by atoms with Gasteiger partial charge in [-0.05, 0) is 28.1 Å². The molecule has 6 nitrogen and oxygen atoms in total. The van der Waals surface area contributed by atoms with Gasteiger partial charge in [0.1, 0.15) is 10.7 Å². The summed E-state index contributed by atoms with van der Waals surface area (Å²) in [6, 6.07) is 2.84. The number of anilines is 2. The van der Waals surface area contributed by atoms with Crippen molar-refractivity contribution in [3.63, 3.8) is 0 Å². The van der Waals surface area contributed by atoms with Crippen LogP contribution in [0.1, 0.15) is 0 Å². The molecule has 0 spiro atoms. The Hall–Kier alpha value is -1.78. The molecule has 21 heavy (non-hydrogen) atoms. The number of nitrogens with one attached hydrogen (secondary N) is 2. The molecular formula is C11H9BrF2N4O2S. The normalized spacial score (nSPS) is 11.2. The summed E-state index contributed by atoms with van der Waals surface area (Å²) in [6.07, 6.45) is 2.38. The minimum atomic E-state index is -4.16. The van der Waals surface area contributed by atoms with E-state index >= 15 is 0 Å². The lowest BCUT2D eigenvalue weighted by Crippen LogP contribution is -2.18. The van der Waals surface area contributed by atoms with Gasteiger partial charge in [-0.2, -0.15) is 0 Å². The highest BCUT2D eigenvalue weighted by Gasteiger charge is 2.22. The maximum atomic E-state index is 13.7. The van der Waals surface area contributed by atoms with E-state index in [9.17, 15) is 17.2 Å². The fourth-order valence-electron chi connectivity index (χ4n) is 1.54. The maximum absolute atomic E-state index is 13.7. The predicted octanol–water partition coefficient (Wildman–Crippen LogP) is 2.21. The second kappa shape index (κ2) is 5.92. The number of hydrogen-bond acceptors (Lipinski definition) is 5. The van der Waals surface area contributed by atoms with Gasteiger partial charge in [-0.3, -0.25) is 15.5 Å². The number of hydrogen-bond donors (Lipinski definition) is 3. The van der Waals surface area contributed by atoms with Gasteiger partial charge in [0.25, 0.3) is 10.0 Å². The van der Waals surface area contributed by atoms with Crippen LogP contribution in [0.3, 0.4) is 0 Å². The first-order chi connectivity index (χ1) is 9.85. The number of halogens is 3. The molecule has 4 N–H and O–H groups in total. The molecule has 112 valence electrons. The zero-order valence-corrected chi connectivity index (χ0v) is 12.7. The summed E-state index contributed by atoms with van der Waals surface area (Å²) < 4.78 is 53.1. The summed E-state index contributed by atoms with van der Waals surface area (Å²) in [4.78, 5) is 3.41. The quantitative estimate of drug-likeness (QED) is 0.559. The lowest BCUT2D eigenvalue weighted by atomic mass is 10.3. The van der Waals surface area contributed by atoms with Crippen molar-refractivity contribution in [3.05, 3.63) is 46.7 Å². The number of aromatic nitrogens is 1. The molecule has 0 aliphatic carbocycles. The number of hydrazine groups is 1. The van der Waals surface area contributed by atoms with Crippen molar-refractivity contribution in [2.45, 2.75) is 4.90 Å². The van der Waals surface area contributed by atoms with Crippen molar-refractivity contribution in [3.8, 4) is 0 Å². The van der Waals surface area contributed by atoms with Crippen molar-refractivity contribution >= 4 is 37.3 Å². The van der Waals surface area contributed by atoms with E-state index in [4.69, 9.17) is 5.84 Å². The molecule has 0 saturated heterocycles. The Labute approximate surface area is 127 Å². The Balaban J connectivity index is 2.48. The molecule has 0 amide bonds. The molecule has 2 aromatic rings. The van der Waals surface area contributed by atoms with Crippen LogP contribution in [0, 0.1) is 11.6 Å². The SMILES string of the molecule is NNc1ccncc1S(=O)(=O)Nc1c(F)cc(F)cc1Br. The van der Waals surface area contributed by atoms with Crippen LogP contribution in [0.2, 0.25) is 0 Å². The lowest BCUT2D eigenvalue weighted by Gasteiger charge is -2.13.